The van der Waals surface area contributed by atoms with Crippen molar-refractivity contribution in [3.05, 3.63) is 48.0 Å². The molecule has 1 aromatic carbocycles. The predicted octanol–water partition coefficient (Wildman–Crippen LogP) is 2.51. The van der Waals surface area contributed by atoms with Crippen molar-refractivity contribution >= 4 is 18.0 Å². The van der Waals surface area contributed by atoms with Crippen molar-refractivity contribution in [2.45, 2.75) is 13.0 Å². The molecule has 0 saturated heterocycles. The summed E-state index contributed by atoms with van der Waals surface area (Å²) in [5.41, 5.74) is 0.188. The Kier molecular flexibility index (Phi) is 5.31. The molecular formula is C16H14FNO6. The van der Waals surface area contributed by atoms with Gasteiger partial charge in [-0.1, -0.05) is 12.1 Å². The summed E-state index contributed by atoms with van der Waals surface area (Å²) in [5, 5.41) is 1.87. The minimum absolute atomic E-state index is 0.145. The molecule has 7 nitrogen and oxygen atoms in total. The molecule has 0 spiro atoms. The van der Waals surface area contributed by atoms with Gasteiger partial charge in [-0.3, -0.25) is 10.1 Å². The normalized spacial score (nSPS) is 11.5. The van der Waals surface area contributed by atoms with Crippen LogP contribution in [0.25, 0.3) is 11.3 Å². The van der Waals surface area contributed by atoms with Gasteiger partial charge in [-0.05, 0) is 31.2 Å². The highest BCUT2D eigenvalue weighted by Gasteiger charge is 2.23. The molecular weight excluding hydrogens is 321 g/mol. The van der Waals surface area contributed by atoms with Crippen molar-refractivity contribution in [1.82, 2.24) is 5.32 Å². The fraction of sp³-hybridized carbons (Fsp3) is 0.188. The Labute approximate surface area is 136 Å². The summed E-state index contributed by atoms with van der Waals surface area (Å²) in [7, 11) is 1.09. The smallest absolute Gasteiger partial charge is 0.413 e. The molecule has 0 unspecified atom stereocenters. The zero-order valence-electron chi connectivity index (χ0n) is 12.9. The molecule has 0 aliphatic heterocycles. The van der Waals surface area contributed by atoms with E-state index in [0.29, 0.717) is 0 Å². The van der Waals surface area contributed by atoms with Crippen molar-refractivity contribution in [2.24, 2.45) is 0 Å². The quantitative estimate of drug-likeness (QED) is 0.863. The molecule has 0 bridgehead atoms. The maximum atomic E-state index is 13.7. The second-order valence-electron chi connectivity index (χ2n) is 4.67. The van der Waals surface area contributed by atoms with E-state index in [1.807, 2.05) is 5.32 Å². The van der Waals surface area contributed by atoms with Crippen LogP contribution < -0.4 is 5.32 Å². The second-order valence-corrected chi connectivity index (χ2v) is 4.67. The molecule has 2 amide bonds. The van der Waals surface area contributed by atoms with E-state index in [1.165, 1.54) is 37.3 Å². The summed E-state index contributed by atoms with van der Waals surface area (Å²) >= 11 is 0. The topological polar surface area (TPSA) is 94.8 Å². The molecule has 1 N–H and O–H groups in total. The molecule has 1 heterocycles. The van der Waals surface area contributed by atoms with Gasteiger partial charge in [0.25, 0.3) is 5.91 Å². The molecule has 8 heteroatoms. The first kappa shape index (κ1) is 17.2. The molecule has 0 fully saturated rings. The van der Waals surface area contributed by atoms with Crippen LogP contribution in [0.15, 0.2) is 40.8 Å². The number of carbonyl (C=O) groups excluding carboxylic acids is 3. The van der Waals surface area contributed by atoms with Crippen LogP contribution in [-0.2, 0) is 14.3 Å². The number of furan rings is 1. The average molecular weight is 335 g/mol. The Bertz CT molecular complexity index is 769. The third-order valence-electron chi connectivity index (χ3n) is 3.01. The SMILES string of the molecule is COC(=O)NC(=O)[C@@H](C)OC(=O)c1ccc(-c2ccccc2F)o1. The van der Waals surface area contributed by atoms with E-state index in [0.717, 1.165) is 7.11 Å². The van der Waals surface area contributed by atoms with Crippen LogP contribution in [0.3, 0.4) is 0 Å². The lowest BCUT2D eigenvalue weighted by atomic mass is 10.1. The summed E-state index contributed by atoms with van der Waals surface area (Å²) in [4.78, 5) is 34.4. The van der Waals surface area contributed by atoms with Gasteiger partial charge in [0.15, 0.2) is 6.10 Å². The molecule has 2 rings (SSSR count). The van der Waals surface area contributed by atoms with E-state index < -0.39 is 29.9 Å². The molecule has 0 saturated carbocycles. The van der Waals surface area contributed by atoms with Crippen molar-refractivity contribution in [3.8, 4) is 11.3 Å². The highest BCUT2D eigenvalue weighted by atomic mass is 19.1. The lowest BCUT2D eigenvalue weighted by molar-refractivity contribution is -0.128. The molecule has 0 aliphatic rings. The number of imide groups is 1. The van der Waals surface area contributed by atoms with Gasteiger partial charge in [0, 0.05) is 0 Å². The lowest BCUT2D eigenvalue weighted by Gasteiger charge is -2.11. The third-order valence-corrected chi connectivity index (χ3v) is 3.01. The van der Waals surface area contributed by atoms with E-state index in [-0.39, 0.29) is 17.1 Å². The van der Waals surface area contributed by atoms with Crippen LogP contribution >= 0.6 is 0 Å². The maximum absolute atomic E-state index is 13.7. The fourth-order valence-corrected chi connectivity index (χ4v) is 1.78. The molecule has 2 aromatic rings. The van der Waals surface area contributed by atoms with Gasteiger partial charge in [0.1, 0.15) is 11.6 Å². The van der Waals surface area contributed by atoms with E-state index in [9.17, 15) is 18.8 Å². The molecule has 1 atom stereocenters. The van der Waals surface area contributed by atoms with Gasteiger partial charge in [0.2, 0.25) is 5.76 Å². The van der Waals surface area contributed by atoms with Crippen molar-refractivity contribution in [2.75, 3.05) is 7.11 Å². The Hall–Kier alpha value is -3.16. The van der Waals surface area contributed by atoms with Crippen LogP contribution in [0.2, 0.25) is 0 Å². The second kappa shape index (κ2) is 7.40. The van der Waals surface area contributed by atoms with Crippen LogP contribution in [0.1, 0.15) is 17.5 Å². The Morgan fingerprint density at radius 2 is 1.88 bits per heavy atom. The van der Waals surface area contributed by atoms with Gasteiger partial charge in [-0.25, -0.2) is 14.0 Å². The van der Waals surface area contributed by atoms with E-state index in [4.69, 9.17) is 9.15 Å². The number of amides is 2. The fourth-order valence-electron chi connectivity index (χ4n) is 1.78. The maximum Gasteiger partial charge on any atom is 0.413 e. The highest BCUT2D eigenvalue weighted by Crippen LogP contribution is 2.25. The molecule has 126 valence electrons. The Balaban J connectivity index is 2.05. The number of hydrogen-bond donors (Lipinski definition) is 1. The largest absolute Gasteiger partial charge is 0.453 e. The number of carbonyl (C=O) groups is 3. The number of nitrogens with one attached hydrogen (secondary N) is 1. The van der Waals surface area contributed by atoms with Crippen LogP contribution in [0.5, 0.6) is 0 Å². The Morgan fingerprint density at radius 1 is 1.17 bits per heavy atom. The van der Waals surface area contributed by atoms with Gasteiger partial charge >= 0.3 is 12.1 Å². The number of ether oxygens (including phenoxy) is 2. The number of halogens is 1. The third kappa shape index (κ3) is 3.97. The number of alkyl carbamates (subject to hydrolysis) is 1. The number of esters is 1. The van der Waals surface area contributed by atoms with Crippen molar-refractivity contribution in [1.29, 1.82) is 0 Å². The molecule has 1 aromatic heterocycles. The zero-order valence-corrected chi connectivity index (χ0v) is 12.9. The summed E-state index contributed by atoms with van der Waals surface area (Å²) in [5.74, 6) is -2.34. The van der Waals surface area contributed by atoms with Gasteiger partial charge in [0.05, 0.1) is 12.7 Å². The van der Waals surface area contributed by atoms with Gasteiger partial charge in [-0.2, -0.15) is 0 Å². The van der Waals surface area contributed by atoms with Crippen LogP contribution in [0.4, 0.5) is 9.18 Å². The first-order chi connectivity index (χ1) is 11.4. The first-order valence-electron chi connectivity index (χ1n) is 6.87. The van der Waals surface area contributed by atoms with Crippen LogP contribution in [-0.4, -0.2) is 31.2 Å². The number of rotatable bonds is 4. The minimum Gasteiger partial charge on any atom is -0.453 e. The van der Waals surface area contributed by atoms with Crippen molar-refractivity contribution in [3.63, 3.8) is 0 Å². The highest BCUT2D eigenvalue weighted by molar-refractivity contribution is 5.96. The molecule has 0 aliphatic carbocycles. The average Bonchev–Trinajstić information content (AvgIpc) is 3.04. The number of benzene rings is 1. The first-order valence-corrected chi connectivity index (χ1v) is 6.87. The number of hydrogen-bond acceptors (Lipinski definition) is 6. The zero-order chi connectivity index (χ0) is 17.7. The Morgan fingerprint density at radius 3 is 2.54 bits per heavy atom. The van der Waals surface area contributed by atoms with Gasteiger partial charge in [-0.15, -0.1) is 0 Å². The van der Waals surface area contributed by atoms with Gasteiger partial charge < -0.3 is 13.9 Å². The summed E-state index contributed by atoms with van der Waals surface area (Å²) in [6.07, 6.45) is -2.22. The summed E-state index contributed by atoms with van der Waals surface area (Å²) in [6, 6.07) is 8.62. The standard InChI is InChI=1S/C16H14FNO6/c1-9(14(19)18-16(21)22-2)23-15(20)13-8-7-12(24-13)10-5-3-4-6-11(10)17/h3-9H,1-2H3,(H,18,19,21)/t9-/m1/s1. The number of methoxy groups -OCH3 is 1. The monoisotopic (exact) mass is 335 g/mol. The molecule has 24 heavy (non-hydrogen) atoms. The van der Waals surface area contributed by atoms with E-state index in [2.05, 4.69) is 4.74 Å². The predicted molar refractivity (Wildman–Crippen MR) is 79.5 cm³/mol. The molecule has 0 radical (unpaired) electrons. The van der Waals surface area contributed by atoms with E-state index >= 15 is 0 Å². The summed E-state index contributed by atoms with van der Waals surface area (Å²) < 4.78 is 28.1. The van der Waals surface area contributed by atoms with Crippen LogP contribution in [0, 0.1) is 5.82 Å². The van der Waals surface area contributed by atoms with Crippen molar-refractivity contribution < 1.29 is 32.7 Å². The summed E-state index contributed by atoms with van der Waals surface area (Å²) in [6.45, 7) is 1.27. The lowest BCUT2D eigenvalue weighted by Crippen LogP contribution is -2.39. The van der Waals surface area contributed by atoms with E-state index in [1.54, 1.807) is 6.07 Å². The minimum atomic E-state index is -1.25.